The standard InChI is InChI=1S/C20H25N3O2/c1-2-18-21-20(22-25-18)17-12-8-14-23(15-17)19(24)13-7-6-11-16-9-4-3-5-10-16/h3-6,9-11,17H,2,7-8,12-15H2,1H3. The maximum atomic E-state index is 12.5. The van der Waals surface area contributed by atoms with E-state index in [2.05, 4.69) is 34.4 Å². The lowest BCUT2D eigenvalue weighted by Crippen LogP contribution is -2.39. The van der Waals surface area contributed by atoms with Gasteiger partial charge in [-0.15, -0.1) is 0 Å². The van der Waals surface area contributed by atoms with Crippen LogP contribution in [0.3, 0.4) is 0 Å². The van der Waals surface area contributed by atoms with E-state index in [0.717, 1.165) is 43.6 Å². The van der Waals surface area contributed by atoms with Gasteiger partial charge in [0.2, 0.25) is 11.8 Å². The van der Waals surface area contributed by atoms with Gasteiger partial charge >= 0.3 is 0 Å². The van der Waals surface area contributed by atoms with E-state index < -0.39 is 0 Å². The number of nitrogens with zero attached hydrogens (tertiary/aromatic N) is 3. The van der Waals surface area contributed by atoms with E-state index in [1.165, 1.54) is 0 Å². The molecule has 5 nitrogen and oxygen atoms in total. The highest BCUT2D eigenvalue weighted by atomic mass is 16.5. The van der Waals surface area contributed by atoms with E-state index in [4.69, 9.17) is 4.52 Å². The summed E-state index contributed by atoms with van der Waals surface area (Å²) in [4.78, 5) is 18.9. The van der Waals surface area contributed by atoms with Gasteiger partial charge in [0.1, 0.15) is 0 Å². The monoisotopic (exact) mass is 339 g/mol. The maximum Gasteiger partial charge on any atom is 0.226 e. The Morgan fingerprint density at radius 2 is 2.20 bits per heavy atom. The van der Waals surface area contributed by atoms with Crippen LogP contribution in [0.1, 0.15) is 55.8 Å². The number of hydrogen-bond donors (Lipinski definition) is 0. The Kier molecular flexibility index (Phi) is 5.99. The van der Waals surface area contributed by atoms with Crippen molar-refractivity contribution < 1.29 is 9.32 Å². The second kappa shape index (κ2) is 8.60. The third-order valence-corrected chi connectivity index (χ3v) is 4.56. The van der Waals surface area contributed by atoms with E-state index in [1.54, 1.807) is 0 Å². The molecule has 0 saturated carbocycles. The zero-order valence-corrected chi connectivity index (χ0v) is 14.7. The summed E-state index contributed by atoms with van der Waals surface area (Å²) < 4.78 is 5.21. The fourth-order valence-corrected chi connectivity index (χ4v) is 3.14. The number of aromatic nitrogens is 2. The van der Waals surface area contributed by atoms with Crippen LogP contribution in [0.25, 0.3) is 6.08 Å². The van der Waals surface area contributed by atoms with Crippen LogP contribution in [0.4, 0.5) is 0 Å². The normalized spacial score (nSPS) is 18.0. The van der Waals surface area contributed by atoms with Crippen molar-refractivity contribution in [3.8, 4) is 0 Å². The van der Waals surface area contributed by atoms with Gasteiger partial charge in [-0.1, -0.05) is 54.6 Å². The molecule has 3 rings (SSSR count). The second-order valence-corrected chi connectivity index (χ2v) is 6.43. The van der Waals surface area contributed by atoms with Gasteiger partial charge < -0.3 is 9.42 Å². The first-order valence-electron chi connectivity index (χ1n) is 9.08. The average Bonchev–Trinajstić information content (AvgIpc) is 3.15. The molecule has 25 heavy (non-hydrogen) atoms. The van der Waals surface area contributed by atoms with Crippen molar-refractivity contribution in [3.63, 3.8) is 0 Å². The summed E-state index contributed by atoms with van der Waals surface area (Å²) in [5.41, 5.74) is 1.16. The number of likely N-dealkylation sites (tertiary alicyclic amines) is 1. The smallest absolute Gasteiger partial charge is 0.226 e. The molecule has 1 aliphatic rings. The van der Waals surface area contributed by atoms with Gasteiger partial charge in [0, 0.05) is 31.8 Å². The van der Waals surface area contributed by atoms with Crippen molar-refractivity contribution >= 4 is 12.0 Å². The number of aryl methyl sites for hydroxylation is 1. The van der Waals surface area contributed by atoms with Crippen LogP contribution >= 0.6 is 0 Å². The average molecular weight is 339 g/mol. The summed E-state index contributed by atoms with van der Waals surface area (Å²) >= 11 is 0. The topological polar surface area (TPSA) is 59.2 Å². The summed E-state index contributed by atoms with van der Waals surface area (Å²) in [6.07, 6.45) is 8.20. The number of piperidine rings is 1. The van der Waals surface area contributed by atoms with E-state index in [-0.39, 0.29) is 11.8 Å². The Morgan fingerprint density at radius 1 is 1.36 bits per heavy atom. The molecule has 0 radical (unpaired) electrons. The van der Waals surface area contributed by atoms with E-state index in [1.807, 2.05) is 30.0 Å². The van der Waals surface area contributed by atoms with Gasteiger partial charge in [-0.05, 0) is 24.8 Å². The number of rotatable bonds is 6. The number of amides is 1. The van der Waals surface area contributed by atoms with Crippen molar-refractivity contribution in [2.45, 2.75) is 44.9 Å². The van der Waals surface area contributed by atoms with Gasteiger partial charge in [-0.2, -0.15) is 4.98 Å². The highest BCUT2D eigenvalue weighted by Gasteiger charge is 2.27. The molecule has 1 aromatic carbocycles. The molecule has 1 aliphatic heterocycles. The van der Waals surface area contributed by atoms with Crippen LogP contribution in [0.15, 0.2) is 40.9 Å². The molecule has 5 heteroatoms. The lowest BCUT2D eigenvalue weighted by molar-refractivity contribution is -0.132. The zero-order valence-electron chi connectivity index (χ0n) is 14.7. The molecule has 1 unspecified atom stereocenters. The Bertz CT molecular complexity index is 709. The molecular formula is C20H25N3O2. The van der Waals surface area contributed by atoms with Crippen molar-refractivity contribution in [2.75, 3.05) is 13.1 Å². The molecule has 1 atom stereocenters. The van der Waals surface area contributed by atoms with Crippen molar-refractivity contribution in [2.24, 2.45) is 0 Å². The molecule has 1 fully saturated rings. The number of allylic oxidation sites excluding steroid dienone is 1. The summed E-state index contributed by atoms with van der Waals surface area (Å²) in [6, 6.07) is 10.1. The highest BCUT2D eigenvalue weighted by Crippen LogP contribution is 2.25. The predicted molar refractivity (Wildman–Crippen MR) is 96.9 cm³/mol. The minimum Gasteiger partial charge on any atom is -0.342 e. The number of hydrogen-bond acceptors (Lipinski definition) is 4. The van der Waals surface area contributed by atoms with Gasteiger partial charge in [0.25, 0.3) is 0 Å². The van der Waals surface area contributed by atoms with E-state index in [9.17, 15) is 4.79 Å². The summed E-state index contributed by atoms with van der Waals surface area (Å²) in [6.45, 7) is 3.52. The first kappa shape index (κ1) is 17.4. The minimum absolute atomic E-state index is 0.196. The predicted octanol–water partition coefficient (Wildman–Crippen LogP) is 3.83. The number of carbonyl (C=O) groups is 1. The second-order valence-electron chi connectivity index (χ2n) is 6.43. The van der Waals surface area contributed by atoms with Gasteiger partial charge in [0.05, 0.1) is 0 Å². The number of carbonyl (C=O) groups excluding carboxylic acids is 1. The molecule has 0 aliphatic carbocycles. The first-order valence-corrected chi connectivity index (χ1v) is 9.08. The lowest BCUT2D eigenvalue weighted by atomic mass is 9.97. The molecule has 1 aromatic heterocycles. The Morgan fingerprint density at radius 3 is 2.96 bits per heavy atom. The fourth-order valence-electron chi connectivity index (χ4n) is 3.14. The Hall–Kier alpha value is -2.43. The van der Waals surface area contributed by atoms with Crippen LogP contribution in [-0.2, 0) is 11.2 Å². The minimum atomic E-state index is 0.196. The van der Waals surface area contributed by atoms with E-state index >= 15 is 0 Å². The molecule has 0 N–H and O–H groups in total. The van der Waals surface area contributed by atoms with Crippen LogP contribution in [0.5, 0.6) is 0 Å². The molecule has 0 spiro atoms. The Labute approximate surface area is 148 Å². The van der Waals surface area contributed by atoms with Crippen molar-refractivity contribution in [1.82, 2.24) is 15.0 Å². The quantitative estimate of drug-likeness (QED) is 0.802. The summed E-state index contributed by atoms with van der Waals surface area (Å²) in [5.74, 6) is 1.83. The van der Waals surface area contributed by atoms with Crippen LogP contribution in [0, 0.1) is 0 Å². The largest absolute Gasteiger partial charge is 0.342 e. The third kappa shape index (κ3) is 4.78. The van der Waals surface area contributed by atoms with Crippen LogP contribution in [-0.4, -0.2) is 34.0 Å². The SMILES string of the molecule is CCc1nc(C2CCCN(C(=O)CCC=Cc3ccccc3)C2)no1. The van der Waals surface area contributed by atoms with Crippen molar-refractivity contribution in [3.05, 3.63) is 53.7 Å². The van der Waals surface area contributed by atoms with Crippen LogP contribution in [0.2, 0.25) is 0 Å². The molecule has 2 aromatic rings. The molecule has 2 heterocycles. The zero-order chi connectivity index (χ0) is 17.5. The van der Waals surface area contributed by atoms with Crippen LogP contribution < -0.4 is 0 Å². The van der Waals surface area contributed by atoms with E-state index in [0.29, 0.717) is 18.9 Å². The summed E-state index contributed by atoms with van der Waals surface area (Å²) in [7, 11) is 0. The van der Waals surface area contributed by atoms with Gasteiger partial charge in [0.15, 0.2) is 5.82 Å². The maximum absolute atomic E-state index is 12.5. The van der Waals surface area contributed by atoms with Gasteiger partial charge in [-0.3, -0.25) is 4.79 Å². The molecule has 0 bridgehead atoms. The van der Waals surface area contributed by atoms with Crippen molar-refractivity contribution in [1.29, 1.82) is 0 Å². The lowest BCUT2D eigenvalue weighted by Gasteiger charge is -2.31. The molecule has 132 valence electrons. The first-order chi connectivity index (χ1) is 12.3. The Balaban J connectivity index is 1.49. The molecule has 1 saturated heterocycles. The highest BCUT2D eigenvalue weighted by molar-refractivity contribution is 5.76. The fraction of sp³-hybridized carbons (Fsp3) is 0.450. The third-order valence-electron chi connectivity index (χ3n) is 4.56. The molecule has 1 amide bonds. The summed E-state index contributed by atoms with van der Waals surface area (Å²) in [5, 5.41) is 4.08. The number of benzene rings is 1. The molecular weight excluding hydrogens is 314 g/mol. The van der Waals surface area contributed by atoms with Gasteiger partial charge in [-0.25, -0.2) is 0 Å².